The molecule has 2 aromatic rings. The number of rotatable bonds is 4. The normalized spacial score (nSPS) is 12.4. The molecule has 1 nitrogen and oxygen atoms in total. The van der Waals surface area contributed by atoms with Gasteiger partial charge in [0.05, 0.1) is 0 Å². The van der Waals surface area contributed by atoms with Crippen molar-refractivity contribution in [2.24, 2.45) is 0 Å². The topological polar surface area (TPSA) is 12.0 Å². The van der Waals surface area contributed by atoms with Crippen molar-refractivity contribution in [2.75, 3.05) is 7.05 Å². The molecule has 0 saturated heterocycles. The first-order chi connectivity index (χ1) is 9.10. The van der Waals surface area contributed by atoms with E-state index in [1.165, 1.54) is 9.64 Å². The maximum absolute atomic E-state index is 13.8. The fraction of sp³-hybridized carbons (Fsp3) is 0.200. The van der Waals surface area contributed by atoms with Gasteiger partial charge in [0.1, 0.15) is 5.82 Å². The fourth-order valence-electron chi connectivity index (χ4n) is 2.03. The lowest BCUT2D eigenvalue weighted by atomic mass is 9.99. The lowest BCUT2D eigenvalue weighted by molar-refractivity contribution is 0.554. The van der Waals surface area contributed by atoms with Crippen molar-refractivity contribution >= 4 is 34.2 Å². The molecular formula is C15H14ClFIN. The first kappa shape index (κ1) is 14.8. The van der Waals surface area contributed by atoms with E-state index in [-0.39, 0.29) is 11.9 Å². The highest BCUT2D eigenvalue weighted by atomic mass is 127. The molecule has 1 N–H and O–H groups in total. The molecule has 0 bridgehead atoms. The SMILES string of the molecule is CNC(Cc1cc(Cl)ccc1F)c1cccc(I)c1. The number of halogens is 3. The second kappa shape index (κ2) is 6.68. The molecule has 2 rings (SSSR count). The van der Waals surface area contributed by atoms with Gasteiger partial charge in [-0.1, -0.05) is 23.7 Å². The van der Waals surface area contributed by atoms with Crippen LogP contribution in [-0.4, -0.2) is 7.05 Å². The third kappa shape index (κ3) is 3.91. The van der Waals surface area contributed by atoms with E-state index in [1.54, 1.807) is 12.1 Å². The lowest BCUT2D eigenvalue weighted by Gasteiger charge is -2.17. The van der Waals surface area contributed by atoms with Gasteiger partial charge in [0.25, 0.3) is 0 Å². The summed E-state index contributed by atoms with van der Waals surface area (Å²) in [5.41, 5.74) is 1.78. The van der Waals surface area contributed by atoms with Crippen LogP contribution in [0.5, 0.6) is 0 Å². The van der Waals surface area contributed by atoms with Crippen LogP contribution in [0.1, 0.15) is 17.2 Å². The van der Waals surface area contributed by atoms with Crippen molar-refractivity contribution in [3.63, 3.8) is 0 Å². The number of nitrogens with one attached hydrogen (secondary N) is 1. The van der Waals surface area contributed by atoms with Crippen LogP contribution in [0.2, 0.25) is 5.02 Å². The Balaban J connectivity index is 2.26. The van der Waals surface area contributed by atoms with Crippen molar-refractivity contribution in [3.05, 3.63) is 68.0 Å². The van der Waals surface area contributed by atoms with Crippen molar-refractivity contribution in [1.82, 2.24) is 5.32 Å². The van der Waals surface area contributed by atoms with Crippen molar-refractivity contribution < 1.29 is 4.39 Å². The third-order valence-corrected chi connectivity index (χ3v) is 3.94. The second-order valence-corrected chi connectivity index (χ2v) is 6.02. The van der Waals surface area contributed by atoms with Crippen molar-refractivity contribution in [3.8, 4) is 0 Å². The zero-order valence-corrected chi connectivity index (χ0v) is 13.4. The Morgan fingerprint density at radius 1 is 1.26 bits per heavy atom. The van der Waals surface area contributed by atoms with Gasteiger partial charge in [-0.25, -0.2) is 4.39 Å². The van der Waals surface area contributed by atoms with Gasteiger partial charge in [0.2, 0.25) is 0 Å². The van der Waals surface area contributed by atoms with E-state index in [9.17, 15) is 4.39 Å². The van der Waals surface area contributed by atoms with Gasteiger partial charge in [0.15, 0.2) is 0 Å². The molecule has 1 unspecified atom stereocenters. The predicted octanol–water partition coefficient (Wildman–Crippen LogP) is 4.59. The average molecular weight is 390 g/mol. The molecule has 0 fully saturated rings. The second-order valence-electron chi connectivity index (χ2n) is 4.34. The molecule has 0 saturated carbocycles. The first-order valence-electron chi connectivity index (χ1n) is 5.97. The van der Waals surface area contributed by atoms with Gasteiger partial charge in [-0.3, -0.25) is 0 Å². The average Bonchev–Trinajstić information content (AvgIpc) is 2.39. The van der Waals surface area contributed by atoms with Crippen molar-refractivity contribution in [2.45, 2.75) is 12.5 Å². The molecule has 0 aromatic heterocycles. The summed E-state index contributed by atoms with van der Waals surface area (Å²) in [6.07, 6.45) is 0.572. The Hall–Kier alpha value is -0.650. The lowest BCUT2D eigenvalue weighted by Crippen LogP contribution is -2.19. The standard InChI is InChI=1S/C15H14ClFIN/c1-19-15(10-3-2-4-13(18)8-10)9-11-7-12(16)5-6-14(11)17/h2-8,15,19H,9H2,1H3. The predicted molar refractivity (Wildman–Crippen MR) is 86.1 cm³/mol. The summed E-state index contributed by atoms with van der Waals surface area (Å²) in [6, 6.07) is 12.9. The number of likely N-dealkylation sites (N-methyl/N-ethyl adjacent to an activating group) is 1. The summed E-state index contributed by atoms with van der Waals surface area (Å²) in [4.78, 5) is 0. The van der Waals surface area contributed by atoms with Gasteiger partial charge >= 0.3 is 0 Å². The highest BCUT2D eigenvalue weighted by Gasteiger charge is 2.13. The molecule has 0 spiro atoms. The number of benzene rings is 2. The summed E-state index contributed by atoms with van der Waals surface area (Å²) in [7, 11) is 1.88. The van der Waals surface area contributed by atoms with Crippen LogP contribution in [0.3, 0.4) is 0 Å². The Bertz CT molecular complexity index is 574. The molecule has 0 aliphatic heterocycles. The summed E-state index contributed by atoms with van der Waals surface area (Å²) in [5, 5.41) is 3.79. The molecule has 4 heteroatoms. The maximum atomic E-state index is 13.8. The van der Waals surface area contributed by atoms with Crippen LogP contribution in [0.4, 0.5) is 4.39 Å². The minimum absolute atomic E-state index is 0.0719. The summed E-state index contributed by atoms with van der Waals surface area (Å²) in [5.74, 6) is -0.213. The van der Waals surface area contributed by atoms with E-state index in [0.29, 0.717) is 17.0 Å². The van der Waals surface area contributed by atoms with Crippen molar-refractivity contribution in [1.29, 1.82) is 0 Å². The summed E-state index contributed by atoms with van der Waals surface area (Å²) in [6.45, 7) is 0. The minimum atomic E-state index is -0.213. The highest BCUT2D eigenvalue weighted by molar-refractivity contribution is 14.1. The van der Waals surface area contributed by atoms with Gasteiger partial charge in [-0.15, -0.1) is 0 Å². The summed E-state index contributed by atoms with van der Waals surface area (Å²) < 4.78 is 14.9. The molecule has 0 amide bonds. The van der Waals surface area contributed by atoms with E-state index >= 15 is 0 Å². The minimum Gasteiger partial charge on any atom is -0.313 e. The molecule has 1 atom stereocenters. The smallest absolute Gasteiger partial charge is 0.126 e. The van der Waals surface area contributed by atoms with Crippen LogP contribution in [-0.2, 0) is 6.42 Å². The van der Waals surface area contributed by atoms with E-state index in [2.05, 4.69) is 34.0 Å². The monoisotopic (exact) mass is 389 g/mol. The third-order valence-electron chi connectivity index (χ3n) is 3.03. The molecule has 2 aromatic carbocycles. The van der Waals surface area contributed by atoms with Gasteiger partial charge < -0.3 is 5.32 Å². The number of hydrogen-bond acceptors (Lipinski definition) is 1. The maximum Gasteiger partial charge on any atom is 0.126 e. The molecular weight excluding hydrogens is 376 g/mol. The van der Waals surface area contributed by atoms with Gasteiger partial charge in [-0.05, 0) is 77.5 Å². The van der Waals surface area contributed by atoms with Crippen LogP contribution in [0, 0.1) is 9.39 Å². The number of hydrogen-bond donors (Lipinski definition) is 1. The van der Waals surface area contributed by atoms with Crippen LogP contribution < -0.4 is 5.32 Å². The van der Waals surface area contributed by atoms with Crippen LogP contribution >= 0.6 is 34.2 Å². The molecule has 0 radical (unpaired) electrons. The summed E-state index contributed by atoms with van der Waals surface area (Å²) >= 11 is 8.20. The Morgan fingerprint density at radius 2 is 2.05 bits per heavy atom. The highest BCUT2D eigenvalue weighted by Crippen LogP contribution is 2.23. The van der Waals surface area contributed by atoms with Gasteiger partial charge in [-0.2, -0.15) is 0 Å². The zero-order chi connectivity index (χ0) is 13.8. The van der Waals surface area contributed by atoms with E-state index in [1.807, 2.05) is 25.2 Å². The molecule has 100 valence electrons. The largest absolute Gasteiger partial charge is 0.313 e. The Kier molecular flexibility index (Phi) is 5.19. The van der Waals surface area contributed by atoms with Crippen LogP contribution in [0.25, 0.3) is 0 Å². The van der Waals surface area contributed by atoms with Crippen LogP contribution in [0.15, 0.2) is 42.5 Å². The Labute approximate surface area is 131 Å². The first-order valence-corrected chi connectivity index (χ1v) is 7.42. The Morgan fingerprint density at radius 3 is 2.74 bits per heavy atom. The molecule has 19 heavy (non-hydrogen) atoms. The van der Waals surface area contributed by atoms with E-state index in [4.69, 9.17) is 11.6 Å². The molecule has 0 aliphatic carbocycles. The van der Waals surface area contributed by atoms with E-state index < -0.39 is 0 Å². The zero-order valence-electron chi connectivity index (χ0n) is 10.5. The quantitative estimate of drug-likeness (QED) is 0.754. The van der Waals surface area contributed by atoms with Gasteiger partial charge in [0, 0.05) is 14.6 Å². The fourth-order valence-corrected chi connectivity index (χ4v) is 2.79. The molecule has 0 aliphatic rings. The van der Waals surface area contributed by atoms with E-state index in [0.717, 1.165) is 5.56 Å². The molecule has 0 heterocycles.